The summed E-state index contributed by atoms with van der Waals surface area (Å²) in [6, 6.07) is 13.4. The zero-order valence-electron chi connectivity index (χ0n) is 13.7. The van der Waals surface area contributed by atoms with Gasteiger partial charge < -0.3 is 15.0 Å². The van der Waals surface area contributed by atoms with E-state index in [1.807, 2.05) is 37.4 Å². The predicted octanol–water partition coefficient (Wildman–Crippen LogP) is 1.78. The van der Waals surface area contributed by atoms with Gasteiger partial charge in [0, 0.05) is 12.1 Å². The largest absolute Gasteiger partial charge is 0.488 e. The molecule has 7 nitrogen and oxygen atoms in total. The maximum absolute atomic E-state index is 12.1. The Morgan fingerprint density at radius 3 is 2.64 bits per heavy atom. The van der Waals surface area contributed by atoms with Gasteiger partial charge in [-0.1, -0.05) is 29.8 Å². The molecule has 2 N–H and O–H groups in total. The summed E-state index contributed by atoms with van der Waals surface area (Å²) >= 11 is 5.96. The fraction of sp³-hybridized carbons (Fsp3) is 0.235. The Morgan fingerprint density at radius 1 is 1.28 bits per heavy atom. The Balaban J connectivity index is 1.78. The van der Waals surface area contributed by atoms with Crippen LogP contribution in [-0.2, 0) is 4.79 Å². The number of non-ortho nitro benzene ring substituents is 1. The van der Waals surface area contributed by atoms with Crippen LogP contribution in [0.15, 0.2) is 48.5 Å². The number of ether oxygens (including phenoxy) is 1. The van der Waals surface area contributed by atoms with Crippen LogP contribution >= 0.6 is 11.6 Å². The summed E-state index contributed by atoms with van der Waals surface area (Å²) in [6.07, 6.45) is 0. The van der Waals surface area contributed by atoms with E-state index in [0.29, 0.717) is 18.8 Å². The first-order chi connectivity index (χ1) is 12.0. The number of nitro groups is 1. The SMILES string of the molecule is C[NH+](CCOc1ccccc1)CC(=O)Nc1ccc([N+](=O)[O-])cc1Cl. The third-order valence-corrected chi connectivity index (χ3v) is 3.75. The van der Waals surface area contributed by atoms with Crippen molar-refractivity contribution in [2.24, 2.45) is 0 Å². The highest BCUT2D eigenvalue weighted by molar-refractivity contribution is 6.33. The molecule has 0 aromatic heterocycles. The number of carbonyl (C=O) groups excluding carboxylic acids is 1. The van der Waals surface area contributed by atoms with Gasteiger partial charge in [0.1, 0.15) is 18.9 Å². The molecule has 0 fully saturated rings. The van der Waals surface area contributed by atoms with Crippen LogP contribution in [0.2, 0.25) is 5.02 Å². The van der Waals surface area contributed by atoms with Crippen LogP contribution in [0.25, 0.3) is 0 Å². The molecule has 0 aliphatic carbocycles. The number of amides is 1. The third kappa shape index (κ3) is 6.06. The van der Waals surface area contributed by atoms with Gasteiger partial charge in [-0.05, 0) is 18.2 Å². The van der Waals surface area contributed by atoms with E-state index < -0.39 is 4.92 Å². The number of anilines is 1. The van der Waals surface area contributed by atoms with E-state index >= 15 is 0 Å². The van der Waals surface area contributed by atoms with Crippen LogP contribution in [0.3, 0.4) is 0 Å². The molecule has 0 radical (unpaired) electrons. The van der Waals surface area contributed by atoms with Gasteiger partial charge in [0.15, 0.2) is 6.54 Å². The number of hydrogen-bond donors (Lipinski definition) is 2. The summed E-state index contributed by atoms with van der Waals surface area (Å²) in [6.45, 7) is 1.36. The van der Waals surface area contributed by atoms with Gasteiger partial charge >= 0.3 is 0 Å². The molecule has 1 unspecified atom stereocenters. The third-order valence-electron chi connectivity index (χ3n) is 3.44. The summed E-state index contributed by atoms with van der Waals surface area (Å²) in [5.74, 6) is 0.561. The Hall–Kier alpha value is -2.64. The van der Waals surface area contributed by atoms with E-state index in [4.69, 9.17) is 16.3 Å². The number of nitrogens with one attached hydrogen (secondary N) is 2. The number of carbonyl (C=O) groups is 1. The fourth-order valence-electron chi connectivity index (χ4n) is 2.14. The van der Waals surface area contributed by atoms with Crippen molar-refractivity contribution < 1.29 is 19.4 Å². The Labute approximate surface area is 150 Å². The first kappa shape index (κ1) is 18.7. The number of rotatable bonds is 8. The lowest BCUT2D eigenvalue weighted by Crippen LogP contribution is -3.10. The van der Waals surface area contributed by atoms with Gasteiger partial charge in [-0.25, -0.2) is 0 Å². The maximum atomic E-state index is 12.1. The topological polar surface area (TPSA) is 85.9 Å². The normalized spacial score (nSPS) is 11.6. The average molecular weight is 365 g/mol. The van der Waals surface area contributed by atoms with E-state index in [9.17, 15) is 14.9 Å². The van der Waals surface area contributed by atoms with Gasteiger partial charge in [-0.15, -0.1) is 0 Å². The van der Waals surface area contributed by atoms with Crippen LogP contribution in [-0.4, -0.2) is 37.6 Å². The van der Waals surface area contributed by atoms with E-state index in [1.54, 1.807) is 0 Å². The minimum Gasteiger partial charge on any atom is -0.488 e. The molecule has 0 bridgehead atoms. The molecule has 0 aliphatic rings. The first-order valence-electron chi connectivity index (χ1n) is 7.68. The Kier molecular flexibility index (Phi) is 6.73. The van der Waals surface area contributed by atoms with Crippen molar-refractivity contribution in [2.75, 3.05) is 32.1 Å². The van der Waals surface area contributed by atoms with Crippen LogP contribution in [0.1, 0.15) is 0 Å². The molecule has 132 valence electrons. The van der Waals surface area contributed by atoms with Crippen molar-refractivity contribution in [1.29, 1.82) is 0 Å². The zero-order chi connectivity index (χ0) is 18.2. The highest BCUT2D eigenvalue weighted by atomic mass is 35.5. The number of nitrogens with zero attached hydrogens (tertiary/aromatic N) is 1. The summed E-state index contributed by atoms with van der Waals surface area (Å²) in [5.41, 5.74) is 0.231. The number of para-hydroxylation sites is 1. The summed E-state index contributed by atoms with van der Waals surface area (Å²) in [4.78, 5) is 23.2. The Morgan fingerprint density at radius 2 is 2.00 bits per heavy atom. The minimum absolute atomic E-state index is 0.121. The molecule has 0 heterocycles. The molecular weight excluding hydrogens is 346 g/mol. The number of quaternary nitrogens is 1. The number of likely N-dealkylation sites (N-methyl/N-ethyl adjacent to an activating group) is 1. The van der Waals surface area contributed by atoms with Gasteiger partial charge in [0.05, 0.1) is 22.7 Å². The highest BCUT2D eigenvalue weighted by Crippen LogP contribution is 2.26. The standard InChI is InChI=1S/C17H18ClN3O4/c1-20(9-10-25-14-5-3-2-4-6-14)12-17(22)19-16-8-7-13(21(23)24)11-15(16)18/h2-8,11H,9-10,12H2,1H3,(H,19,22)/p+1. The van der Waals surface area contributed by atoms with Gasteiger partial charge in [0.2, 0.25) is 0 Å². The molecule has 0 spiro atoms. The van der Waals surface area contributed by atoms with Crippen molar-refractivity contribution in [3.63, 3.8) is 0 Å². The highest BCUT2D eigenvalue weighted by Gasteiger charge is 2.14. The number of benzene rings is 2. The van der Waals surface area contributed by atoms with E-state index in [1.165, 1.54) is 18.2 Å². The second-order valence-corrected chi connectivity index (χ2v) is 5.92. The lowest BCUT2D eigenvalue weighted by molar-refractivity contribution is -0.871. The zero-order valence-corrected chi connectivity index (χ0v) is 14.5. The average Bonchev–Trinajstić information content (AvgIpc) is 2.57. The second kappa shape index (κ2) is 9.00. The lowest BCUT2D eigenvalue weighted by atomic mass is 10.3. The van der Waals surface area contributed by atoms with Crippen molar-refractivity contribution in [3.05, 3.63) is 63.7 Å². The van der Waals surface area contributed by atoms with E-state index in [2.05, 4.69) is 5.32 Å². The second-order valence-electron chi connectivity index (χ2n) is 5.51. The Bertz CT molecular complexity index is 740. The number of hydrogen-bond acceptors (Lipinski definition) is 4. The predicted molar refractivity (Wildman–Crippen MR) is 95.3 cm³/mol. The summed E-state index contributed by atoms with van der Waals surface area (Å²) in [5, 5.41) is 13.5. The lowest BCUT2D eigenvalue weighted by Gasteiger charge is -2.14. The maximum Gasteiger partial charge on any atom is 0.279 e. The number of halogens is 1. The fourth-order valence-corrected chi connectivity index (χ4v) is 2.36. The molecule has 8 heteroatoms. The number of nitro benzene ring substituents is 1. The van der Waals surface area contributed by atoms with Crippen LogP contribution < -0.4 is 15.0 Å². The van der Waals surface area contributed by atoms with Crippen LogP contribution in [0, 0.1) is 10.1 Å². The molecule has 25 heavy (non-hydrogen) atoms. The van der Waals surface area contributed by atoms with Crippen molar-refractivity contribution in [1.82, 2.24) is 0 Å². The van der Waals surface area contributed by atoms with Crippen molar-refractivity contribution in [3.8, 4) is 5.75 Å². The van der Waals surface area contributed by atoms with Gasteiger partial charge in [-0.3, -0.25) is 14.9 Å². The molecule has 0 saturated carbocycles. The van der Waals surface area contributed by atoms with E-state index in [-0.39, 0.29) is 23.2 Å². The van der Waals surface area contributed by atoms with Crippen molar-refractivity contribution >= 4 is 28.9 Å². The summed E-state index contributed by atoms with van der Waals surface area (Å²) < 4.78 is 5.59. The molecule has 1 amide bonds. The molecule has 1 atom stereocenters. The molecular formula is C17H19ClN3O4+. The quantitative estimate of drug-likeness (QED) is 0.552. The molecule has 2 rings (SSSR count). The smallest absolute Gasteiger partial charge is 0.279 e. The van der Waals surface area contributed by atoms with Crippen LogP contribution in [0.4, 0.5) is 11.4 Å². The van der Waals surface area contributed by atoms with E-state index in [0.717, 1.165) is 10.6 Å². The molecule has 2 aromatic carbocycles. The summed E-state index contributed by atoms with van der Waals surface area (Å²) in [7, 11) is 1.88. The van der Waals surface area contributed by atoms with Gasteiger partial charge in [-0.2, -0.15) is 0 Å². The molecule has 0 aliphatic heterocycles. The monoisotopic (exact) mass is 364 g/mol. The van der Waals surface area contributed by atoms with Gasteiger partial charge in [0.25, 0.3) is 11.6 Å². The van der Waals surface area contributed by atoms with Crippen LogP contribution in [0.5, 0.6) is 5.75 Å². The first-order valence-corrected chi connectivity index (χ1v) is 8.06. The molecule has 0 saturated heterocycles. The minimum atomic E-state index is -0.540. The van der Waals surface area contributed by atoms with Crippen molar-refractivity contribution in [2.45, 2.75) is 0 Å². The molecule has 2 aromatic rings.